The highest BCUT2D eigenvalue weighted by atomic mass is 16.3. The lowest BCUT2D eigenvalue weighted by atomic mass is 10.1. The number of hydrogen-bond donors (Lipinski definition) is 2. The van der Waals surface area contributed by atoms with Crippen LogP contribution in [0, 0.1) is 0 Å². The van der Waals surface area contributed by atoms with Gasteiger partial charge in [0.2, 0.25) is 5.89 Å². The van der Waals surface area contributed by atoms with Crippen LogP contribution in [0.2, 0.25) is 0 Å². The maximum Gasteiger partial charge on any atom is 0.226 e. The zero-order valence-electron chi connectivity index (χ0n) is 16.3. The Kier molecular flexibility index (Phi) is 5.81. The highest BCUT2D eigenvalue weighted by Crippen LogP contribution is 2.18. The minimum absolute atomic E-state index is 0.425. The van der Waals surface area contributed by atoms with Gasteiger partial charge in [0.25, 0.3) is 0 Å². The summed E-state index contributed by atoms with van der Waals surface area (Å²) in [5.74, 6) is 1.32. The molecule has 6 nitrogen and oxygen atoms in total. The number of nitrogens with one attached hydrogen (secondary N) is 2. The van der Waals surface area contributed by atoms with Gasteiger partial charge in [0.15, 0.2) is 5.96 Å². The molecule has 29 heavy (non-hydrogen) atoms. The molecule has 4 rings (SSSR count). The predicted octanol–water partition coefficient (Wildman–Crippen LogP) is 4.15. The van der Waals surface area contributed by atoms with Crippen LogP contribution in [0.5, 0.6) is 0 Å². The van der Waals surface area contributed by atoms with Gasteiger partial charge in [-0.05, 0) is 30.5 Å². The lowest BCUT2D eigenvalue weighted by Gasteiger charge is -2.12. The van der Waals surface area contributed by atoms with Gasteiger partial charge in [-0.1, -0.05) is 42.5 Å². The largest absolute Gasteiger partial charge is 0.444 e. The zero-order chi connectivity index (χ0) is 19.9. The number of benzene rings is 2. The van der Waals surface area contributed by atoms with Crippen LogP contribution in [0.1, 0.15) is 18.3 Å². The van der Waals surface area contributed by atoms with Crippen molar-refractivity contribution in [1.82, 2.24) is 20.6 Å². The van der Waals surface area contributed by atoms with Gasteiger partial charge in [0, 0.05) is 23.7 Å². The van der Waals surface area contributed by atoms with Crippen LogP contribution in [0.3, 0.4) is 0 Å². The standard InChI is InChI=1S/C23H23N5O/c1-2-24-23(27-15-21-20-11-7-6-8-17(20)12-13-25-21)26-14-19-16-29-22(28-19)18-9-4-3-5-10-18/h3-13,16H,2,14-15H2,1H3,(H2,24,26,27). The molecule has 2 heterocycles. The van der Waals surface area contributed by atoms with E-state index in [2.05, 4.69) is 37.7 Å². The quantitative estimate of drug-likeness (QED) is 0.385. The molecule has 2 N–H and O–H groups in total. The molecule has 0 spiro atoms. The third kappa shape index (κ3) is 4.60. The summed E-state index contributed by atoms with van der Waals surface area (Å²) < 4.78 is 5.59. The van der Waals surface area contributed by atoms with E-state index < -0.39 is 0 Å². The van der Waals surface area contributed by atoms with E-state index in [1.165, 1.54) is 5.39 Å². The monoisotopic (exact) mass is 385 g/mol. The first-order valence-electron chi connectivity index (χ1n) is 9.68. The summed E-state index contributed by atoms with van der Waals surface area (Å²) in [6.07, 6.45) is 3.49. The zero-order valence-corrected chi connectivity index (χ0v) is 16.3. The highest BCUT2D eigenvalue weighted by Gasteiger charge is 2.07. The van der Waals surface area contributed by atoms with Crippen molar-refractivity contribution in [2.24, 2.45) is 4.99 Å². The fourth-order valence-corrected chi connectivity index (χ4v) is 3.09. The summed E-state index contributed by atoms with van der Waals surface area (Å²) in [5.41, 5.74) is 2.72. The van der Waals surface area contributed by atoms with E-state index in [4.69, 9.17) is 4.42 Å². The van der Waals surface area contributed by atoms with Crippen LogP contribution >= 0.6 is 0 Å². The van der Waals surface area contributed by atoms with Crippen LogP contribution in [0.25, 0.3) is 22.2 Å². The first kappa shape index (κ1) is 18.7. The Hall–Kier alpha value is -3.67. The van der Waals surface area contributed by atoms with Crippen molar-refractivity contribution in [2.75, 3.05) is 6.54 Å². The summed E-state index contributed by atoms with van der Waals surface area (Å²) in [4.78, 5) is 13.7. The van der Waals surface area contributed by atoms with Gasteiger partial charge in [-0.15, -0.1) is 0 Å². The minimum Gasteiger partial charge on any atom is -0.444 e. The lowest BCUT2D eigenvalue weighted by molar-refractivity contribution is 0.572. The number of fused-ring (bicyclic) bond motifs is 1. The van der Waals surface area contributed by atoms with Crippen LogP contribution < -0.4 is 10.6 Å². The van der Waals surface area contributed by atoms with Gasteiger partial charge in [-0.25, -0.2) is 9.98 Å². The average molecular weight is 385 g/mol. The van der Waals surface area contributed by atoms with E-state index in [-0.39, 0.29) is 0 Å². The molecule has 0 aliphatic rings. The Morgan fingerprint density at radius 3 is 2.69 bits per heavy atom. The summed E-state index contributed by atoms with van der Waals surface area (Å²) in [7, 11) is 0. The number of guanidine groups is 1. The van der Waals surface area contributed by atoms with Gasteiger partial charge in [-0.2, -0.15) is 0 Å². The van der Waals surface area contributed by atoms with E-state index in [0.717, 1.165) is 28.9 Å². The Bertz CT molecular complexity index is 1100. The lowest BCUT2D eigenvalue weighted by Crippen LogP contribution is -2.37. The molecule has 0 aliphatic carbocycles. The SMILES string of the molecule is CCNC(=NCc1coc(-c2ccccc2)n1)NCc1nccc2ccccc12. The first-order valence-corrected chi connectivity index (χ1v) is 9.68. The number of nitrogens with zero attached hydrogens (tertiary/aromatic N) is 3. The van der Waals surface area contributed by atoms with Crippen LogP contribution in [-0.4, -0.2) is 22.5 Å². The van der Waals surface area contributed by atoms with E-state index in [1.807, 2.05) is 61.7 Å². The topological polar surface area (TPSA) is 75.3 Å². The summed E-state index contributed by atoms with van der Waals surface area (Å²) in [6, 6.07) is 20.1. The molecule has 0 aliphatic heterocycles. The molecular formula is C23H23N5O. The van der Waals surface area contributed by atoms with Gasteiger partial charge < -0.3 is 15.1 Å². The molecule has 4 aromatic rings. The first-order chi connectivity index (χ1) is 14.3. The van der Waals surface area contributed by atoms with E-state index in [9.17, 15) is 0 Å². The van der Waals surface area contributed by atoms with Crippen LogP contribution in [-0.2, 0) is 13.1 Å². The molecule has 0 atom stereocenters. The minimum atomic E-state index is 0.425. The fraction of sp³-hybridized carbons (Fsp3) is 0.174. The predicted molar refractivity (Wildman–Crippen MR) is 115 cm³/mol. The molecule has 0 unspecified atom stereocenters. The van der Waals surface area contributed by atoms with Crippen LogP contribution in [0.15, 0.2) is 82.5 Å². The Balaban J connectivity index is 1.45. The van der Waals surface area contributed by atoms with Gasteiger partial charge in [0.05, 0.1) is 18.8 Å². The summed E-state index contributed by atoms with van der Waals surface area (Å²) in [6.45, 7) is 3.82. The molecule has 2 aromatic carbocycles. The number of pyridine rings is 1. The van der Waals surface area contributed by atoms with Crippen molar-refractivity contribution >= 4 is 16.7 Å². The van der Waals surface area contributed by atoms with E-state index in [0.29, 0.717) is 24.9 Å². The maximum atomic E-state index is 5.59. The van der Waals surface area contributed by atoms with Crippen molar-refractivity contribution in [3.05, 3.63) is 84.5 Å². The fourth-order valence-electron chi connectivity index (χ4n) is 3.09. The number of oxazole rings is 1. The Morgan fingerprint density at radius 2 is 1.83 bits per heavy atom. The molecule has 0 radical (unpaired) electrons. The number of aromatic nitrogens is 2. The molecule has 0 saturated heterocycles. The van der Waals surface area contributed by atoms with Crippen molar-refractivity contribution in [1.29, 1.82) is 0 Å². The Morgan fingerprint density at radius 1 is 1.00 bits per heavy atom. The normalized spacial score (nSPS) is 11.6. The maximum absolute atomic E-state index is 5.59. The molecule has 146 valence electrons. The molecule has 0 fully saturated rings. The van der Waals surface area contributed by atoms with Gasteiger partial charge in [-0.3, -0.25) is 4.98 Å². The average Bonchev–Trinajstić information content (AvgIpc) is 3.25. The highest BCUT2D eigenvalue weighted by molar-refractivity contribution is 5.85. The van der Waals surface area contributed by atoms with Crippen LogP contribution in [0.4, 0.5) is 0 Å². The van der Waals surface area contributed by atoms with Gasteiger partial charge in [0.1, 0.15) is 12.0 Å². The second-order valence-corrected chi connectivity index (χ2v) is 6.54. The second kappa shape index (κ2) is 9.01. The molecule has 0 saturated carbocycles. The summed E-state index contributed by atoms with van der Waals surface area (Å²) in [5, 5.41) is 8.94. The van der Waals surface area contributed by atoms with Crippen molar-refractivity contribution in [3.63, 3.8) is 0 Å². The smallest absolute Gasteiger partial charge is 0.226 e. The van der Waals surface area contributed by atoms with E-state index >= 15 is 0 Å². The molecule has 0 amide bonds. The number of hydrogen-bond acceptors (Lipinski definition) is 4. The Labute approximate surface area is 169 Å². The molecule has 2 aromatic heterocycles. The molecule has 0 bridgehead atoms. The second-order valence-electron chi connectivity index (χ2n) is 6.54. The third-order valence-corrected chi connectivity index (χ3v) is 4.50. The van der Waals surface area contributed by atoms with Gasteiger partial charge >= 0.3 is 0 Å². The van der Waals surface area contributed by atoms with E-state index in [1.54, 1.807) is 6.26 Å². The number of aliphatic imine (C=N–C) groups is 1. The molecular weight excluding hydrogens is 362 g/mol. The summed E-state index contributed by atoms with van der Waals surface area (Å²) >= 11 is 0. The van der Waals surface area contributed by atoms with Crippen molar-refractivity contribution < 1.29 is 4.42 Å². The number of rotatable bonds is 6. The third-order valence-electron chi connectivity index (χ3n) is 4.50. The molecule has 6 heteroatoms. The van der Waals surface area contributed by atoms with Crippen molar-refractivity contribution in [2.45, 2.75) is 20.0 Å². The van der Waals surface area contributed by atoms with Crippen molar-refractivity contribution in [3.8, 4) is 11.5 Å².